The minimum Gasteiger partial charge on any atom is -0.380 e. The molecule has 0 amide bonds. The minimum absolute atomic E-state index is 0.640. The van der Waals surface area contributed by atoms with Gasteiger partial charge in [0.05, 0.1) is 6.61 Å². The summed E-state index contributed by atoms with van der Waals surface area (Å²) >= 11 is 1.78. The van der Waals surface area contributed by atoms with Crippen molar-refractivity contribution in [3.8, 4) is 0 Å². The summed E-state index contributed by atoms with van der Waals surface area (Å²) < 4.78 is 8.07. The van der Waals surface area contributed by atoms with Gasteiger partial charge in [0.2, 0.25) is 0 Å². The summed E-state index contributed by atoms with van der Waals surface area (Å²) in [6, 6.07) is 6.74. The van der Waals surface area contributed by atoms with Crippen molar-refractivity contribution in [3.05, 3.63) is 35.5 Å². The van der Waals surface area contributed by atoms with Crippen molar-refractivity contribution < 1.29 is 4.74 Å². The zero-order chi connectivity index (χ0) is 14.1. The molecular formula is C16H21N3OS. The number of hydrogen-bond acceptors (Lipinski definition) is 5. The molecule has 112 valence electrons. The fraction of sp³-hybridized carbons (Fsp3) is 0.562. The maximum absolute atomic E-state index is 5.63. The zero-order valence-electron chi connectivity index (χ0n) is 12.2. The highest BCUT2D eigenvalue weighted by molar-refractivity contribution is 7.97. The predicted octanol–water partition coefficient (Wildman–Crippen LogP) is 2.20. The molecule has 0 aromatic carbocycles. The molecule has 1 fully saturated rings. The van der Waals surface area contributed by atoms with Gasteiger partial charge >= 0.3 is 0 Å². The second-order valence-electron chi connectivity index (χ2n) is 6.04. The van der Waals surface area contributed by atoms with E-state index in [1.807, 2.05) is 12.3 Å². The first-order valence-electron chi connectivity index (χ1n) is 7.74. The largest absolute Gasteiger partial charge is 0.380 e. The minimum atomic E-state index is 0.640. The van der Waals surface area contributed by atoms with E-state index in [1.165, 1.54) is 12.8 Å². The lowest BCUT2D eigenvalue weighted by Gasteiger charge is -2.32. The van der Waals surface area contributed by atoms with Gasteiger partial charge in [-0.1, -0.05) is 6.07 Å². The van der Waals surface area contributed by atoms with Crippen LogP contribution >= 0.6 is 11.9 Å². The van der Waals surface area contributed by atoms with Gasteiger partial charge in [0.15, 0.2) is 0 Å². The van der Waals surface area contributed by atoms with Crippen LogP contribution in [-0.2, 0) is 4.74 Å². The molecule has 5 heteroatoms. The Morgan fingerprint density at radius 3 is 2.67 bits per heavy atom. The van der Waals surface area contributed by atoms with Gasteiger partial charge in [-0.05, 0) is 48.1 Å². The van der Waals surface area contributed by atoms with Crippen molar-refractivity contribution >= 4 is 11.9 Å². The first kappa shape index (κ1) is 13.8. The molecule has 1 aromatic heterocycles. The second kappa shape index (κ2) is 6.08. The summed E-state index contributed by atoms with van der Waals surface area (Å²) in [7, 11) is 0. The molecule has 0 bridgehead atoms. The van der Waals surface area contributed by atoms with E-state index < -0.39 is 0 Å². The van der Waals surface area contributed by atoms with Crippen LogP contribution in [0.4, 0.5) is 0 Å². The van der Waals surface area contributed by atoms with E-state index in [2.05, 4.69) is 26.3 Å². The SMILES string of the molecule is c1ccc(SN2CC3=C(C2)CN(C2CCCOC2)C3)nc1. The van der Waals surface area contributed by atoms with E-state index in [1.54, 1.807) is 23.1 Å². The van der Waals surface area contributed by atoms with Crippen molar-refractivity contribution in [1.29, 1.82) is 0 Å². The molecule has 4 nitrogen and oxygen atoms in total. The fourth-order valence-corrected chi connectivity index (χ4v) is 4.40. The Morgan fingerprint density at radius 1 is 1.14 bits per heavy atom. The van der Waals surface area contributed by atoms with E-state index in [4.69, 9.17) is 4.74 Å². The molecule has 0 spiro atoms. The quantitative estimate of drug-likeness (QED) is 0.630. The highest BCUT2D eigenvalue weighted by Gasteiger charge is 2.34. The molecule has 1 aromatic rings. The molecule has 1 atom stereocenters. The van der Waals surface area contributed by atoms with E-state index in [9.17, 15) is 0 Å². The Hall–Kier alpha value is -0.880. The van der Waals surface area contributed by atoms with Crippen LogP contribution in [0.5, 0.6) is 0 Å². The molecule has 3 aliphatic rings. The van der Waals surface area contributed by atoms with Crippen molar-refractivity contribution in [3.63, 3.8) is 0 Å². The van der Waals surface area contributed by atoms with Crippen molar-refractivity contribution in [2.75, 3.05) is 39.4 Å². The first-order chi connectivity index (χ1) is 10.4. The van der Waals surface area contributed by atoms with Crippen LogP contribution in [0.3, 0.4) is 0 Å². The Labute approximate surface area is 130 Å². The maximum Gasteiger partial charge on any atom is 0.111 e. The number of ether oxygens (including phenoxy) is 1. The molecule has 4 rings (SSSR count). The van der Waals surface area contributed by atoms with Crippen LogP contribution in [0, 0.1) is 0 Å². The van der Waals surface area contributed by atoms with Crippen molar-refractivity contribution in [1.82, 2.24) is 14.2 Å². The lowest BCUT2D eigenvalue weighted by atomic mass is 10.1. The number of pyridine rings is 1. The molecule has 0 saturated carbocycles. The molecule has 0 radical (unpaired) electrons. The first-order valence-corrected chi connectivity index (χ1v) is 8.51. The summed E-state index contributed by atoms with van der Waals surface area (Å²) in [5.41, 5.74) is 3.26. The summed E-state index contributed by atoms with van der Waals surface area (Å²) in [6.07, 6.45) is 4.38. The van der Waals surface area contributed by atoms with Gasteiger partial charge in [-0.2, -0.15) is 0 Å². The van der Waals surface area contributed by atoms with Crippen molar-refractivity contribution in [2.24, 2.45) is 0 Å². The Morgan fingerprint density at radius 2 is 2.00 bits per heavy atom. The number of rotatable bonds is 3. The number of nitrogens with zero attached hydrogens (tertiary/aromatic N) is 3. The molecule has 21 heavy (non-hydrogen) atoms. The van der Waals surface area contributed by atoms with Crippen LogP contribution in [-0.4, -0.2) is 59.6 Å². The number of hydrogen-bond donors (Lipinski definition) is 0. The van der Waals surface area contributed by atoms with E-state index in [0.717, 1.165) is 44.4 Å². The maximum atomic E-state index is 5.63. The van der Waals surface area contributed by atoms with Crippen LogP contribution in [0.15, 0.2) is 40.6 Å². The summed E-state index contributed by atoms with van der Waals surface area (Å²) in [5.74, 6) is 0. The molecule has 0 N–H and O–H groups in total. The van der Waals surface area contributed by atoms with Gasteiger partial charge in [-0.3, -0.25) is 4.90 Å². The van der Waals surface area contributed by atoms with E-state index >= 15 is 0 Å². The second-order valence-corrected chi connectivity index (χ2v) is 7.16. The normalized spacial score (nSPS) is 27.3. The third kappa shape index (κ3) is 3.01. The highest BCUT2D eigenvalue weighted by Crippen LogP contribution is 2.33. The van der Waals surface area contributed by atoms with Crippen LogP contribution < -0.4 is 0 Å². The Bertz CT molecular complexity index is 510. The molecule has 0 aliphatic carbocycles. The van der Waals surface area contributed by atoms with Gasteiger partial charge in [-0.15, -0.1) is 0 Å². The highest BCUT2D eigenvalue weighted by atomic mass is 32.2. The van der Waals surface area contributed by atoms with Crippen LogP contribution in [0.25, 0.3) is 0 Å². The zero-order valence-corrected chi connectivity index (χ0v) is 13.0. The monoisotopic (exact) mass is 303 g/mol. The predicted molar refractivity (Wildman–Crippen MR) is 84.1 cm³/mol. The van der Waals surface area contributed by atoms with E-state index in [0.29, 0.717) is 6.04 Å². The lowest BCUT2D eigenvalue weighted by Crippen LogP contribution is -2.41. The molecular weight excluding hydrogens is 282 g/mol. The van der Waals surface area contributed by atoms with Crippen LogP contribution in [0.2, 0.25) is 0 Å². The van der Waals surface area contributed by atoms with Gasteiger partial charge < -0.3 is 4.74 Å². The van der Waals surface area contributed by atoms with Gasteiger partial charge in [0, 0.05) is 45.0 Å². The fourth-order valence-electron chi connectivity index (χ4n) is 3.44. The summed E-state index contributed by atoms with van der Waals surface area (Å²) in [6.45, 7) is 6.32. The third-order valence-electron chi connectivity index (χ3n) is 4.54. The average Bonchev–Trinajstić information content (AvgIpc) is 3.07. The molecule has 4 heterocycles. The topological polar surface area (TPSA) is 28.6 Å². The molecule has 3 aliphatic heterocycles. The molecule has 1 saturated heterocycles. The van der Waals surface area contributed by atoms with Crippen molar-refractivity contribution in [2.45, 2.75) is 23.9 Å². The van der Waals surface area contributed by atoms with E-state index in [-0.39, 0.29) is 0 Å². The Kier molecular flexibility index (Phi) is 3.99. The van der Waals surface area contributed by atoms with Gasteiger partial charge in [-0.25, -0.2) is 9.29 Å². The summed E-state index contributed by atoms with van der Waals surface area (Å²) in [4.78, 5) is 7.02. The molecule has 1 unspecified atom stereocenters. The third-order valence-corrected chi connectivity index (χ3v) is 5.48. The number of aromatic nitrogens is 1. The van der Waals surface area contributed by atoms with Gasteiger partial charge in [0.1, 0.15) is 5.03 Å². The summed E-state index contributed by atoms with van der Waals surface area (Å²) in [5, 5.41) is 1.09. The standard InChI is InChI=1S/C16H21N3OS/c1-2-6-17-16(5-1)21-19-10-13-8-18(9-14(13)11-19)15-4-3-7-20-12-15/h1-2,5-6,15H,3-4,7-12H2. The Balaban J connectivity index is 1.32. The van der Waals surface area contributed by atoms with Crippen LogP contribution in [0.1, 0.15) is 12.8 Å². The van der Waals surface area contributed by atoms with Gasteiger partial charge in [0.25, 0.3) is 0 Å². The average molecular weight is 303 g/mol. The smallest absolute Gasteiger partial charge is 0.111 e. The lowest BCUT2D eigenvalue weighted by molar-refractivity contribution is 0.0271.